The molecule has 8 heteroatoms. The highest BCUT2D eigenvalue weighted by Gasteiger charge is 2.23. The van der Waals surface area contributed by atoms with E-state index in [1.54, 1.807) is 11.6 Å². The summed E-state index contributed by atoms with van der Waals surface area (Å²) in [4.78, 5) is 25.4. The number of carbonyl (C=O) groups excluding carboxylic acids is 1. The Morgan fingerprint density at radius 2 is 1.89 bits per heavy atom. The molecule has 1 aromatic heterocycles. The number of carboxylic acid groups (broad SMARTS) is 1. The third kappa shape index (κ3) is 4.94. The summed E-state index contributed by atoms with van der Waals surface area (Å²) >= 11 is 0. The van der Waals surface area contributed by atoms with Crippen LogP contribution in [0.15, 0.2) is 24.4 Å². The van der Waals surface area contributed by atoms with Crippen LogP contribution in [0.1, 0.15) is 60.8 Å². The summed E-state index contributed by atoms with van der Waals surface area (Å²) in [5, 5.41) is 13.3. The molecule has 0 atom stereocenters. The lowest BCUT2D eigenvalue weighted by Gasteiger charge is -2.22. The maximum Gasteiger partial charge on any atom is 0.305 e. The standard InChI is InChI=1S/C20H25F2N3O3/c1-4-15(5-2)25-13(3)16(11-23-25)20(28)24(9-8-19(26)27)12-14-6-7-17(21)18(22)10-14/h6-7,10-11,15H,4-5,8-9,12H2,1-3H3,(H,26,27). The second-order valence-corrected chi connectivity index (χ2v) is 6.68. The van der Waals surface area contributed by atoms with Crippen molar-refractivity contribution in [3.05, 3.63) is 52.9 Å². The first-order chi connectivity index (χ1) is 13.3. The Balaban J connectivity index is 2.30. The third-order valence-corrected chi connectivity index (χ3v) is 4.80. The van der Waals surface area contributed by atoms with Gasteiger partial charge in [0.1, 0.15) is 0 Å². The van der Waals surface area contributed by atoms with Gasteiger partial charge >= 0.3 is 5.97 Å². The lowest BCUT2D eigenvalue weighted by molar-refractivity contribution is -0.137. The van der Waals surface area contributed by atoms with Crippen molar-refractivity contribution < 1.29 is 23.5 Å². The van der Waals surface area contributed by atoms with Crippen molar-refractivity contribution in [1.82, 2.24) is 14.7 Å². The van der Waals surface area contributed by atoms with Gasteiger partial charge in [-0.3, -0.25) is 14.3 Å². The Bertz CT molecular complexity index is 847. The number of halogens is 2. The fourth-order valence-electron chi connectivity index (χ4n) is 3.15. The van der Waals surface area contributed by atoms with Crippen LogP contribution in [0.25, 0.3) is 0 Å². The number of nitrogens with zero attached hydrogens (tertiary/aromatic N) is 3. The highest BCUT2D eigenvalue weighted by atomic mass is 19.2. The predicted molar refractivity (Wildman–Crippen MR) is 99.9 cm³/mol. The summed E-state index contributed by atoms with van der Waals surface area (Å²) in [5.74, 6) is -3.43. The summed E-state index contributed by atoms with van der Waals surface area (Å²) in [7, 11) is 0. The van der Waals surface area contributed by atoms with Crippen molar-refractivity contribution >= 4 is 11.9 Å². The van der Waals surface area contributed by atoms with E-state index in [4.69, 9.17) is 5.11 Å². The highest BCUT2D eigenvalue weighted by molar-refractivity contribution is 5.95. The number of amides is 1. The van der Waals surface area contributed by atoms with Crippen LogP contribution in [0, 0.1) is 18.6 Å². The monoisotopic (exact) mass is 393 g/mol. The minimum Gasteiger partial charge on any atom is -0.481 e. The zero-order valence-electron chi connectivity index (χ0n) is 16.3. The Labute approximate surface area is 162 Å². The average molecular weight is 393 g/mol. The van der Waals surface area contributed by atoms with Crippen molar-refractivity contribution in [2.75, 3.05) is 6.54 Å². The summed E-state index contributed by atoms with van der Waals surface area (Å²) in [6, 6.07) is 3.54. The molecule has 0 aliphatic rings. The van der Waals surface area contributed by atoms with E-state index < -0.39 is 17.6 Å². The van der Waals surface area contributed by atoms with E-state index >= 15 is 0 Å². The number of rotatable bonds is 9. The first-order valence-electron chi connectivity index (χ1n) is 9.27. The molecular formula is C20H25F2N3O3. The van der Waals surface area contributed by atoms with Crippen LogP contribution in [-0.2, 0) is 11.3 Å². The Hall–Kier alpha value is -2.77. The first kappa shape index (κ1) is 21.5. The number of aliphatic carboxylic acids is 1. The van der Waals surface area contributed by atoms with Gasteiger partial charge in [-0.15, -0.1) is 0 Å². The lowest BCUT2D eigenvalue weighted by Crippen LogP contribution is -2.33. The minimum absolute atomic E-state index is 0.0289. The maximum absolute atomic E-state index is 13.5. The molecule has 152 valence electrons. The Kier molecular flexibility index (Phi) is 7.25. The number of aromatic nitrogens is 2. The van der Waals surface area contributed by atoms with Crippen LogP contribution in [0.5, 0.6) is 0 Å². The molecule has 1 aromatic carbocycles. The lowest BCUT2D eigenvalue weighted by atomic mass is 10.1. The molecule has 0 bridgehead atoms. The number of carbonyl (C=O) groups is 2. The summed E-state index contributed by atoms with van der Waals surface area (Å²) in [6.07, 6.45) is 2.96. The topological polar surface area (TPSA) is 75.4 Å². The van der Waals surface area contributed by atoms with Crippen molar-refractivity contribution in [3.63, 3.8) is 0 Å². The molecule has 0 unspecified atom stereocenters. The Morgan fingerprint density at radius 3 is 2.46 bits per heavy atom. The van der Waals surface area contributed by atoms with Gasteiger partial charge in [0.25, 0.3) is 5.91 Å². The number of carboxylic acids is 1. The maximum atomic E-state index is 13.5. The molecule has 2 aromatic rings. The van der Waals surface area contributed by atoms with Crippen LogP contribution in [0.3, 0.4) is 0 Å². The zero-order chi connectivity index (χ0) is 20.8. The molecule has 0 aliphatic heterocycles. The number of benzene rings is 1. The fraction of sp³-hybridized carbons (Fsp3) is 0.450. The molecule has 1 amide bonds. The van der Waals surface area contributed by atoms with E-state index in [0.717, 1.165) is 25.0 Å². The molecule has 0 spiro atoms. The van der Waals surface area contributed by atoms with E-state index in [9.17, 15) is 18.4 Å². The van der Waals surface area contributed by atoms with Crippen LogP contribution in [0.2, 0.25) is 0 Å². The third-order valence-electron chi connectivity index (χ3n) is 4.80. The molecule has 1 N–H and O–H groups in total. The van der Waals surface area contributed by atoms with Crippen LogP contribution in [-0.4, -0.2) is 38.2 Å². The molecule has 0 fully saturated rings. The second-order valence-electron chi connectivity index (χ2n) is 6.68. The molecule has 28 heavy (non-hydrogen) atoms. The summed E-state index contributed by atoms with van der Waals surface area (Å²) in [5.41, 5.74) is 1.45. The van der Waals surface area contributed by atoms with E-state index in [2.05, 4.69) is 5.10 Å². The molecule has 0 saturated heterocycles. The van der Waals surface area contributed by atoms with E-state index in [-0.39, 0.29) is 31.5 Å². The van der Waals surface area contributed by atoms with Gasteiger partial charge in [0.2, 0.25) is 0 Å². The fourth-order valence-corrected chi connectivity index (χ4v) is 3.15. The quantitative estimate of drug-likeness (QED) is 0.700. The van der Waals surface area contributed by atoms with Gasteiger partial charge in [-0.25, -0.2) is 8.78 Å². The summed E-state index contributed by atoms with van der Waals surface area (Å²) in [6.45, 7) is 5.80. The van der Waals surface area contributed by atoms with Gasteiger partial charge in [-0.1, -0.05) is 19.9 Å². The molecular weight excluding hydrogens is 368 g/mol. The number of hydrogen-bond donors (Lipinski definition) is 1. The average Bonchev–Trinajstić information content (AvgIpc) is 3.03. The van der Waals surface area contributed by atoms with Gasteiger partial charge in [0, 0.05) is 18.8 Å². The normalized spacial score (nSPS) is 11.1. The highest BCUT2D eigenvalue weighted by Crippen LogP contribution is 2.21. The zero-order valence-corrected chi connectivity index (χ0v) is 16.3. The summed E-state index contributed by atoms with van der Waals surface area (Å²) < 4.78 is 28.5. The Morgan fingerprint density at radius 1 is 1.21 bits per heavy atom. The largest absolute Gasteiger partial charge is 0.481 e. The first-order valence-corrected chi connectivity index (χ1v) is 9.27. The van der Waals surface area contributed by atoms with Crippen molar-refractivity contribution in [2.24, 2.45) is 0 Å². The van der Waals surface area contributed by atoms with Gasteiger partial charge in [0.05, 0.1) is 24.2 Å². The molecule has 0 aliphatic carbocycles. The molecule has 0 radical (unpaired) electrons. The van der Waals surface area contributed by atoms with Gasteiger partial charge in [-0.05, 0) is 37.5 Å². The van der Waals surface area contributed by atoms with Gasteiger partial charge < -0.3 is 10.0 Å². The second kappa shape index (κ2) is 9.43. The molecule has 6 nitrogen and oxygen atoms in total. The van der Waals surface area contributed by atoms with E-state index in [1.165, 1.54) is 17.2 Å². The number of hydrogen-bond acceptors (Lipinski definition) is 3. The van der Waals surface area contributed by atoms with Crippen molar-refractivity contribution in [1.29, 1.82) is 0 Å². The van der Waals surface area contributed by atoms with Crippen LogP contribution in [0.4, 0.5) is 8.78 Å². The minimum atomic E-state index is -1.05. The van der Waals surface area contributed by atoms with Gasteiger partial charge in [0.15, 0.2) is 11.6 Å². The SMILES string of the molecule is CCC(CC)n1ncc(C(=O)N(CCC(=O)O)Cc2ccc(F)c(F)c2)c1C. The van der Waals surface area contributed by atoms with Crippen molar-refractivity contribution in [3.8, 4) is 0 Å². The molecule has 0 saturated carbocycles. The van der Waals surface area contributed by atoms with Gasteiger partial charge in [-0.2, -0.15) is 5.10 Å². The predicted octanol–water partition coefficient (Wildman–Crippen LogP) is 3.95. The molecule has 1 heterocycles. The van der Waals surface area contributed by atoms with E-state index in [1.807, 2.05) is 13.8 Å². The van der Waals surface area contributed by atoms with Crippen molar-refractivity contribution in [2.45, 2.75) is 52.6 Å². The van der Waals surface area contributed by atoms with Crippen LogP contribution >= 0.6 is 0 Å². The van der Waals surface area contributed by atoms with Crippen LogP contribution < -0.4 is 0 Å². The smallest absolute Gasteiger partial charge is 0.305 e. The van der Waals surface area contributed by atoms with E-state index in [0.29, 0.717) is 16.8 Å². The molecule has 2 rings (SSSR count).